The fraction of sp³-hybridized carbons (Fsp3) is 0.381. The molecule has 0 bridgehead atoms. The van der Waals surface area contributed by atoms with Gasteiger partial charge in [-0.2, -0.15) is 0 Å². The van der Waals surface area contributed by atoms with E-state index in [2.05, 4.69) is 20.4 Å². The summed E-state index contributed by atoms with van der Waals surface area (Å²) in [5.41, 5.74) is 1.79. The SMILES string of the molecule is COc1ccc(OC)c(-c2cc(C(=O)Nc3nc(CN4CCCCC4)cs3)no2)c1. The van der Waals surface area contributed by atoms with Gasteiger partial charge in [0.2, 0.25) is 0 Å². The summed E-state index contributed by atoms with van der Waals surface area (Å²) in [6.45, 7) is 3.03. The number of ether oxygens (including phenoxy) is 2. The third-order valence-electron chi connectivity index (χ3n) is 5.02. The van der Waals surface area contributed by atoms with Crippen molar-refractivity contribution >= 4 is 22.4 Å². The summed E-state index contributed by atoms with van der Waals surface area (Å²) < 4.78 is 16.0. The number of benzene rings is 1. The predicted octanol–water partition coefficient (Wildman–Crippen LogP) is 4.05. The van der Waals surface area contributed by atoms with Crippen molar-refractivity contribution < 1.29 is 18.8 Å². The second-order valence-electron chi connectivity index (χ2n) is 7.08. The van der Waals surface area contributed by atoms with Crippen LogP contribution in [0.2, 0.25) is 0 Å². The van der Waals surface area contributed by atoms with Gasteiger partial charge in [-0.15, -0.1) is 11.3 Å². The Bertz CT molecular complexity index is 1010. The first-order valence-corrected chi connectivity index (χ1v) is 10.7. The Labute approximate surface area is 178 Å². The summed E-state index contributed by atoms with van der Waals surface area (Å²) in [5, 5.41) is 9.25. The number of nitrogens with one attached hydrogen (secondary N) is 1. The van der Waals surface area contributed by atoms with Gasteiger partial charge in [-0.3, -0.25) is 15.0 Å². The summed E-state index contributed by atoms with van der Waals surface area (Å²) in [7, 11) is 3.15. The van der Waals surface area contributed by atoms with Crippen LogP contribution in [0.15, 0.2) is 34.2 Å². The van der Waals surface area contributed by atoms with Crippen LogP contribution in [0.4, 0.5) is 5.13 Å². The number of nitrogens with zero attached hydrogens (tertiary/aromatic N) is 3. The number of anilines is 1. The molecule has 0 saturated carbocycles. The first-order chi connectivity index (χ1) is 14.7. The Morgan fingerprint density at radius 1 is 1.20 bits per heavy atom. The van der Waals surface area contributed by atoms with Crippen LogP contribution in [0.1, 0.15) is 35.4 Å². The molecular weight excluding hydrogens is 404 g/mol. The van der Waals surface area contributed by atoms with E-state index in [1.54, 1.807) is 38.5 Å². The van der Waals surface area contributed by atoms with Gasteiger partial charge in [0.15, 0.2) is 16.6 Å². The molecule has 0 radical (unpaired) electrons. The summed E-state index contributed by atoms with van der Waals surface area (Å²) >= 11 is 1.41. The van der Waals surface area contributed by atoms with Crippen LogP contribution in [0.5, 0.6) is 11.5 Å². The lowest BCUT2D eigenvalue weighted by Crippen LogP contribution is -2.29. The summed E-state index contributed by atoms with van der Waals surface area (Å²) in [6.07, 6.45) is 3.77. The number of methoxy groups -OCH3 is 2. The molecule has 0 atom stereocenters. The second kappa shape index (κ2) is 9.27. The molecule has 3 heterocycles. The fourth-order valence-corrected chi connectivity index (χ4v) is 4.16. The van der Waals surface area contributed by atoms with Gasteiger partial charge in [-0.25, -0.2) is 4.98 Å². The van der Waals surface area contributed by atoms with Gasteiger partial charge in [-0.1, -0.05) is 11.6 Å². The number of carbonyl (C=O) groups is 1. The Kier molecular flexibility index (Phi) is 6.29. The van der Waals surface area contributed by atoms with Gasteiger partial charge in [0, 0.05) is 18.0 Å². The number of hydrogen-bond acceptors (Lipinski definition) is 8. The van der Waals surface area contributed by atoms with Gasteiger partial charge in [-0.05, 0) is 44.1 Å². The fourth-order valence-electron chi connectivity index (χ4n) is 3.46. The lowest BCUT2D eigenvalue weighted by molar-refractivity contribution is 0.101. The van der Waals surface area contributed by atoms with Crippen LogP contribution in [0.25, 0.3) is 11.3 Å². The molecular formula is C21H24N4O4S. The quantitative estimate of drug-likeness (QED) is 0.607. The number of piperidine rings is 1. The van der Waals surface area contributed by atoms with Gasteiger partial charge < -0.3 is 14.0 Å². The van der Waals surface area contributed by atoms with E-state index < -0.39 is 0 Å². The van der Waals surface area contributed by atoms with Crippen molar-refractivity contribution in [1.82, 2.24) is 15.0 Å². The zero-order valence-corrected chi connectivity index (χ0v) is 17.8. The predicted molar refractivity (Wildman–Crippen MR) is 114 cm³/mol. The number of carbonyl (C=O) groups excluding carboxylic acids is 1. The lowest BCUT2D eigenvalue weighted by Gasteiger charge is -2.25. The highest BCUT2D eigenvalue weighted by Crippen LogP contribution is 2.34. The van der Waals surface area contributed by atoms with Crippen LogP contribution >= 0.6 is 11.3 Å². The van der Waals surface area contributed by atoms with Gasteiger partial charge in [0.25, 0.3) is 5.91 Å². The second-order valence-corrected chi connectivity index (χ2v) is 7.94. The molecule has 8 nitrogen and oxygen atoms in total. The highest BCUT2D eigenvalue weighted by atomic mass is 32.1. The van der Waals surface area contributed by atoms with E-state index in [0.717, 1.165) is 25.3 Å². The Hall–Kier alpha value is -2.91. The van der Waals surface area contributed by atoms with Crippen LogP contribution in [-0.2, 0) is 6.54 Å². The maximum Gasteiger partial charge on any atom is 0.279 e. The highest BCUT2D eigenvalue weighted by Gasteiger charge is 2.19. The molecule has 1 aliphatic rings. The number of aromatic nitrogens is 2. The third-order valence-corrected chi connectivity index (χ3v) is 5.83. The molecule has 0 spiro atoms. The van der Waals surface area contributed by atoms with Crippen LogP contribution in [0, 0.1) is 0 Å². The number of hydrogen-bond donors (Lipinski definition) is 1. The highest BCUT2D eigenvalue weighted by molar-refractivity contribution is 7.13. The Balaban J connectivity index is 1.44. The molecule has 1 fully saturated rings. The van der Waals surface area contributed by atoms with Gasteiger partial charge in [0.1, 0.15) is 11.5 Å². The maximum absolute atomic E-state index is 12.6. The largest absolute Gasteiger partial charge is 0.497 e. The van der Waals surface area contributed by atoms with E-state index in [9.17, 15) is 4.79 Å². The molecule has 1 N–H and O–H groups in total. The number of likely N-dealkylation sites (tertiary alicyclic amines) is 1. The minimum Gasteiger partial charge on any atom is -0.497 e. The molecule has 1 aliphatic heterocycles. The molecule has 4 rings (SSSR count). The minimum absolute atomic E-state index is 0.169. The van der Waals surface area contributed by atoms with E-state index in [1.165, 1.54) is 30.6 Å². The first kappa shape index (κ1) is 20.4. The van der Waals surface area contributed by atoms with Crippen molar-refractivity contribution in [2.24, 2.45) is 0 Å². The van der Waals surface area contributed by atoms with Crippen molar-refractivity contribution in [2.45, 2.75) is 25.8 Å². The normalized spacial score (nSPS) is 14.5. The van der Waals surface area contributed by atoms with Crippen molar-refractivity contribution in [3.63, 3.8) is 0 Å². The smallest absolute Gasteiger partial charge is 0.279 e. The zero-order chi connectivity index (χ0) is 20.9. The van der Waals surface area contributed by atoms with Crippen LogP contribution in [0.3, 0.4) is 0 Å². The van der Waals surface area contributed by atoms with Crippen molar-refractivity contribution in [2.75, 3.05) is 32.6 Å². The molecule has 3 aromatic rings. The van der Waals surface area contributed by atoms with Crippen LogP contribution in [-0.4, -0.2) is 48.3 Å². The first-order valence-electron chi connectivity index (χ1n) is 9.83. The Morgan fingerprint density at radius 2 is 2.03 bits per heavy atom. The maximum atomic E-state index is 12.6. The molecule has 0 aliphatic carbocycles. The molecule has 158 valence electrons. The van der Waals surface area contributed by atoms with Crippen molar-refractivity contribution in [3.8, 4) is 22.8 Å². The average molecular weight is 429 g/mol. The number of thiazole rings is 1. The summed E-state index contributed by atoms with van der Waals surface area (Å²) in [6, 6.07) is 6.91. The molecule has 0 unspecified atom stereocenters. The standard InChI is InChI=1S/C21H24N4O4S/c1-27-15-6-7-18(28-2)16(10-15)19-11-17(24-29-19)20(26)23-21-22-14(13-30-21)12-25-8-4-3-5-9-25/h6-7,10-11,13H,3-5,8-9,12H2,1-2H3,(H,22,23,26). The van der Waals surface area contributed by atoms with Gasteiger partial charge in [0.05, 0.1) is 25.5 Å². The average Bonchev–Trinajstić information content (AvgIpc) is 3.44. The van der Waals surface area contributed by atoms with Gasteiger partial charge >= 0.3 is 0 Å². The molecule has 1 aromatic carbocycles. The Morgan fingerprint density at radius 3 is 2.80 bits per heavy atom. The monoisotopic (exact) mass is 428 g/mol. The van der Waals surface area contributed by atoms with Crippen molar-refractivity contribution in [1.29, 1.82) is 0 Å². The van der Waals surface area contributed by atoms with E-state index >= 15 is 0 Å². The number of rotatable bonds is 7. The third kappa shape index (κ3) is 4.63. The summed E-state index contributed by atoms with van der Waals surface area (Å²) in [4.78, 5) is 19.5. The molecule has 1 saturated heterocycles. The van der Waals surface area contributed by atoms with E-state index in [1.807, 2.05) is 5.38 Å². The van der Waals surface area contributed by atoms with E-state index in [4.69, 9.17) is 14.0 Å². The number of amides is 1. The molecule has 9 heteroatoms. The molecule has 2 aromatic heterocycles. The molecule has 1 amide bonds. The minimum atomic E-state index is -0.370. The zero-order valence-electron chi connectivity index (χ0n) is 17.0. The topological polar surface area (TPSA) is 89.7 Å². The van der Waals surface area contributed by atoms with E-state index in [-0.39, 0.29) is 11.6 Å². The molecule has 30 heavy (non-hydrogen) atoms. The van der Waals surface area contributed by atoms with Crippen molar-refractivity contribution in [3.05, 3.63) is 41.0 Å². The van der Waals surface area contributed by atoms with Crippen LogP contribution < -0.4 is 14.8 Å². The van der Waals surface area contributed by atoms with E-state index in [0.29, 0.717) is 28.0 Å². The summed E-state index contributed by atoms with van der Waals surface area (Å²) in [5.74, 6) is 1.30. The lowest BCUT2D eigenvalue weighted by atomic mass is 10.1.